The van der Waals surface area contributed by atoms with Crippen LogP contribution in [0.15, 0.2) is 0 Å². The van der Waals surface area contributed by atoms with Crippen LogP contribution in [0.5, 0.6) is 0 Å². The lowest BCUT2D eigenvalue weighted by Crippen LogP contribution is -2.13. The van der Waals surface area contributed by atoms with Crippen LogP contribution in [0.2, 0.25) is 11.6 Å². The zero-order chi connectivity index (χ0) is 16.7. The summed E-state index contributed by atoms with van der Waals surface area (Å²) in [5, 5.41) is 0. The van der Waals surface area contributed by atoms with Crippen LogP contribution in [0.25, 0.3) is 0 Å². The van der Waals surface area contributed by atoms with Crippen LogP contribution >= 0.6 is 0 Å². The van der Waals surface area contributed by atoms with E-state index in [1.54, 1.807) is 33.0 Å². The molecule has 2 fully saturated rings. The van der Waals surface area contributed by atoms with Gasteiger partial charge < -0.3 is 0 Å². The highest BCUT2D eigenvalue weighted by molar-refractivity contribution is 6.39. The molecule has 0 aliphatic heterocycles. The van der Waals surface area contributed by atoms with Crippen molar-refractivity contribution in [1.29, 1.82) is 0 Å². The maximum Gasteiger partial charge on any atom is 0.127 e. The van der Waals surface area contributed by atoms with E-state index in [0.717, 1.165) is 11.6 Å². The summed E-state index contributed by atoms with van der Waals surface area (Å²) in [4.78, 5) is 0. The lowest BCUT2D eigenvalue weighted by molar-refractivity contribution is 0.490. The van der Waals surface area contributed by atoms with E-state index in [1.807, 2.05) is 0 Å². The van der Waals surface area contributed by atoms with Crippen LogP contribution in [0.3, 0.4) is 0 Å². The van der Waals surface area contributed by atoms with Crippen molar-refractivity contribution in [2.24, 2.45) is 0 Å². The average Bonchev–Trinajstić information content (AvgIpc) is 2.57. The van der Waals surface area contributed by atoms with Crippen molar-refractivity contribution in [3.8, 4) is 0 Å². The van der Waals surface area contributed by atoms with Crippen molar-refractivity contribution in [3.05, 3.63) is 0 Å². The summed E-state index contributed by atoms with van der Waals surface area (Å²) in [5.41, 5.74) is 0. The summed E-state index contributed by atoms with van der Waals surface area (Å²) in [7, 11) is 1.58. The molecular formula is C23H45B. The van der Waals surface area contributed by atoms with E-state index in [2.05, 4.69) is 0 Å². The van der Waals surface area contributed by atoms with Gasteiger partial charge in [-0.2, -0.15) is 0 Å². The van der Waals surface area contributed by atoms with Crippen molar-refractivity contribution >= 4 is 7.28 Å². The minimum Gasteiger partial charge on any atom is -0.0654 e. The van der Waals surface area contributed by atoms with Gasteiger partial charge in [0.15, 0.2) is 0 Å². The fraction of sp³-hybridized carbons (Fsp3) is 1.00. The lowest BCUT2D eigenvalue weighted by Gasteiger charge is -2.24. The van der Waals surface area contributed by atoms with Crippen molar-refractivity contribution < 1.29 is 0 Å². The van der Waals surface area contributed by atoms with Crippen molar-refractivity contribution in [1.82, 2.24) is 0 Å². The molecule has 2 rings (SSSR count). The van der Waals surface area contributed by atoms with Crippen LogP contribution in [0.1, 0.15) is 135 Å². The number of hydrogen-bond acceptors (Lipinski definition) is 0. The van der Waals surface area contributed by atoms with E-state index in [1.165, 1.54) is 109 Å². The fourth-order valence-electron chi connectivity index (χ4n) is 5.26. The maximum absolute atomic E-state index is 1.58. The Labute approximate surface area is 154 Å². The smallest absolute Gasteiger partial charge is 0.0654 e. The molecule has 0 aromatic heterocycles. The van der Waals surface area contributed by atoms with Crippen LogP contribution < -0.4 is 0 Å². The lowest BCUT2D eigenvalue weighted by atomic mass is 9.50. The molecule has 0 heterocycles. The Morgan fingerprint density at radius 1 is 0.292 bits per heavy atom. The van der Waals surface area contributed by atoms with Gasteiger partial charge in [0, 0.05) is 0 Å². The maximum atomic E-state index is 1.58. The molecule has 0 atom stereocenters. The van der Waals surface area contributed by atoms with Crippen LogP contribution in [-0.2, 0) is 0 Å². The Morgan fingerprint density at radius 2 is 0.500 bits per heavy atom. The number of hydrogen-bond donors (Lipinski definition) is 0. The molecule has 0 aromatic rings. The van der Waals surface area contributed by atoms with Gasteiger partial charge in [-0.15, -0.1) is 0 Å². The minimum absolute atomic E-state index is 1.07. The van der Waals surface area contributed by atoms with E-state index in [9.17, 15) is 0 Å². The van der Waals surface area contributed by atoms with E-state index in [0.29, 0.717) is 0 Å². The van der Waals surface area contributed by atoms with Gasteiger partial charge in [-0.1, -0.05) is 146 Å². The van der Waals surface area contributed by atoms with Gasteiger partial charge in [0.25, 0.3) is 0 Å². The van der Waals surface area contributed by atoms with E-state index < -0.39 is 0 Å². The second kappa shape index (κ2) is 14.3. The first kappa shape index (κ1) is 20.4. The summed E-state index contributed by atoms with van der Waals surface area (Å²) >= 11 is 0. The van der Waals surface area contributed by atoms with Crippen molar-refractivity contribution in [2.75, 3.05) is 0 Å². The monoisotopic (exact) mass is 332 g/mol. The quantitative estimate of drug-likeness (QED) is 0.447. The van der Waals surface area contributed by atoms with E-state index in [-0.39, 0.29) is 0 Å². The average molecular weight is 332 g/mol. The third kappa shape index (κ3) is 10.1. The Morgan fingerprint density at radius 3 is 0.750 bits per heavy atom. The molecule has 0 nitrogen and oxygen atoms in total. The highest BCUT2D eigenvalue weighted by Gasteiger charge is 2.19. The molecule has 0 aromatic carbocycles. The zero-order valence-electron chi connectivity index (χ0n) is 16.7. The van der Waals surface area contributed by atoms with Crippen LogP contribution in [0, 0.1) is 0 Å². The fourth-order valence-corrected chi connectivity index (χ4v) is 5.26. The molecule has 2 aliphatic carbocycles. The van der Waals surface area contributed by atoms with Gasteiger partial charge in [-0.05, 0) is 0 Å². The summed E-state index contributed by atoms with van der Waals surface area (Å²) in [6.07, 6.45) is 31.9. The summed E-state index contributed by atoms with van der Waals surface area (Å²) < 4.78 is 0. The summed E-state index contributed by atoms with van der Waals surface area (Å²) in [5.74, 6) is 2.15. The largest absolute Gasteiger partial charge is 0.127 e. The second-order valence-corrected chi connectivity index (χ2v) is 9.13. The first-order valence-corrected chi connectivity index (χ1v) is 11.9. The van der Waals surface area contributed by atoms with Gasteiger partial charge in [0.05, 0.1) is 0 Å². The van der Waals surface area contributed by atoms with Gasteiger partial charge in [-0.3, -0.25) is 0 Å². The molecular weight excluding hydrogens is 287 g/mol. The standard InChI is InChI=1S/C23H45B/c1-2-4-6-8-11-15-19-22(18-14-10-7-5-3-1)24-23-20-16-12-9-13-17-21-23/h22-24H,1-21H2. The van der Waals surface area contributed by atoms with E-state index >= 15 is 0 Å². The molecule has 24 heavy (non-hydrogen) atoms. The normalized spacial score (nSPS) is 25.8. The van der Waals surface area contributed by atoms with Gasteiger partial charge in [0.2, 0.25) is 0 Å². The second-order valence-electron chi connectivity index (χ2n) is 9.13. The highest BCUT2D eigenvalue weighted by atomic mass is 14.1. The summed E-state index contributed by atoms with van der Waals surface area (Å²) in [6, 6.07) is 0. The molecule has 2 saturated carbocycles. The molecule has 140 valence electrons. The highest BCUT2D eigenvalue weighted by Crippen LogP contribution is 2.33. The Kier molecular flexibility index (Phi) is 12.1. The predicted octanol–water partition coefficient (Wildman–Crippen LogP) is 8.22. The predicted molar refractivity (Wildman–Crippen MR) is 112 cm³/mol. The van der Waals surface area contributed by atoms with Crippen LogP contribution in [-0.4, -0.2) is 7.28 Å². The van der Waals surface area contributed by atoms with Gasteiger partial charge >= 0.3 is 0 Å². The molecule has 0 bridgehead atoms. The first-order chi connectivity index (χ1) is 11.9. The Balaban J connectivity index is 1.72. The van der Waals surface area contributed by atoms with Gasteiger partial charge in [0.1, 0.15) is 7.28 Å². The minimum atomic E-state index is 1.07. The number of rotatable bonds is 2. The van der Waals surface area contributed by atoms with Crippen molar-refractivity contribution in [3.63, 3.8) is 0 Å². The van der Waals surface area contributed by atoms with Crippen molar-refractivity contribution in [2.45, 2.75) is 146 Å². The topological polar surface area (TPSA) is 0 Å². The molecule has 0 saturated heterocycles. The Bertz CT molecular complexity index is 251. The molecule has 0 radical (unpaired) electrons. The molecule has 0 amide bonds. The van der Waals surface area contributed by atoms with Crippen LogP contribution in [0.4, 0.5) is 0 Å². The summed E-state index contributed by atoms with van der Waals surface area (Å²) in [6.45, 7) is 0. The Hall–Kier alpha value is 0.0649. The molecule has 2 aliphatic rings. The zero-order valence-corrected chi connectivity index (χ0v) is 16.7. The third-order valence-electron chi connectivity index (χ3n) is 6.87. The van der Waals surface area contributed by atoms with E-state index in [4.69, 9.17) is 0 Å². The first-order valence-electron chi connectivity index (χ1n) is 11.9. The third-order valence-corrected chi connectivity index (χ3v) is 6.87. The van der Waals surface area contributed by atoms with Gasteiger partial charge in [-0.25, -0.2) is 0 Å². The SMILES string of the molecule is B(C1CCCCCCCCCCCCCC1)C1CCCCCCC1. The molecule has 0 unspecified atom stereocenters. The molecule has 1 heteroatoms. The molecule has 0 spiro atoms. The molecule has 0 N–H and O–H groups in total.